The van der Waals surface area contributed by atoms with Gasteiger partial charge in [0.15, 0.2) is 11.5 Å². The van der Waals surface area contributed by atoms with Gasteiger partial charge in [-0.25, -0.2) is 0 Å². The maximum atomic E-state index is 12.4. The van der Waals surface area contributed by atoms with Crippen molar-refractivity contribution in [3.05, 3.63) is 42.5 Å². The van der Waals surface area contributed by atoms with E-state index in [2.05, 4.69) is 5.32 Å². The maximum Gasteiger partial charge on any atom is 0.231 e. The Kier molecular flexibility index (Phi) is 6.03. The lowest BCUT2D eigenvalue weighted by Gasteiger charge is -2.21. The Hall–Kier alpha value is -3.22. The molecular weight excluding hydrogens is 360 g/mol. The average Bonchev–Trinajstić information content (AvgIpc) is 3.10. The third kappa shape index (κ3) is 4.73. The van der Waals surface area contributed by atoms with Crippen molar-refractivity contribution < 1.29 is 23.8 Å². The monoisotopic (exact) mass is 384 g/mol. The molecule has 7 nitrogen and oxygen atoms in total. The van der Waals surface area contributed by atoms with Crippen molar-refractivity contribution in [3.63, 3.8) is 0 Å². The molecule has 2 aromatic rings. The first-order valence-electron chi connectivity index (χ1n) is 9.17. The van der Waals surface area contributed by atoms with Crippen molar-refractivity contribution in [1.29, 1.82) is 0 Å². The zero-order valence-electron chi connectivity index (χ0n) is 16.2. The molecule has 0 saturated heterocycles. The molecule has 0 aromatic heterocycles. The number of amides is 2. The van der Waals surface area contributed by atoms with E-state index < -0.39 is 0 Å². The molecule has 148 valence electrons. The standard InChI is InChI=1S/C21H24N2O5/c1-14(2)28-18-7-5-4-6-17(18)22-21(25)10-11-23(15(3)24)16-8-9-19-20(12-16)27-13-26-19/h4-9,12,14H,10-11,13H2,1-3H3,(H,22,25). The zero-order chi connectivity index (χ0) is 20.1. The van der Waals surface area contributed by atoms with E-state index >= 15 is 0 Å². The first-order chi connectivity index (χ1) is 13.4. The van der Waals surface area contributed by atoms with Gasteiger partial charge < -0.3 is 24.4 Å². The van der Waals surface area contributed by atoms with Crippen molar-refractivity contribution in [3.8, 4) is 17.2 Å². The van der Waals surface area contributed by atoms with Crippen LogP contribution in [-0.4, -0.2) is 31.3 Å². The van der Waals surface area contributed by atoms with E-state index in [4.69, 9.17) is 14.2 Å². The molecule has 1 heterocycles. The highest BCUT2D eigenvalue weighted by Crippen LogP contribution is 2.35. The second-order valence-electron chi connectivity index (χ2n) is 6.67. The first-order valence-corrected chi connectivity index (χ1v) is 9.17. The summed E-state index contributed by atoms with van der Waals surface area (Å²) < 4.78 is 16.4. The summed E-state index contributed by atoms with van der Waals surface area (Å²) in [5.41, 5.74) is 1.27. The molecule has 1 N–H and O–H groups in total. The number of carbonyl (C=O) groups excluding carboxylic acids is 2. The topological polar surface area (TPSA) is 77.1 Å². The number of para-hydroxylation sites is 2. The molecule has 3 rings (SSSR count). The molecule has 0 spiro atoms. The summed E-state index contributed by atoms with van der Waals surface area (Å²) in [6, 6.07) is 12.6. The Morgan fingerprint density at radius 2 is 1.89 bits per heavy atom. The third-order valence-electron chi connectivity index (χ3n) is 4.13. The molecule has 0 bridgehead atoms. The van der Waals surface area contributed by atoms with Crippen LogP contribution in [0.2, 0.25) is 0 Å². The molecule has 0 aliphatic carbocycles. The Labute approximate surface area is 164 Å². The fourth-order valence-corrected chi connectivity index (χ4v) is 2.87. The van der Waals surface area contributed by atoms with Gasteiger partial charge in [-0.15, -0.1) is 0 Å². The number of hydrogen-bond donors (Lipinski definition) is 1. The molecule has 1 aliphatic rings. The summed E-state index contributed by atoms with van der Waals surface area (Å²) in [7, 11) is 0. The van der Waals surface area contributed by atoms with Gasteiger partial charge in [0.2, 0.25) is 18.6 Å². The molecule has 7 heteroatoms. The van der Waals surface area contributed by atoms with E-state index in [1.54, 1.807) is 24.3 Å². The molecule has 0 fully saturated rings. The Morgan fingerprint density at radius 3 is 2.64 bits per heavy atom. The van der Waals surface area contributed by atoms with Crippen molar-refractivity contribution in [2.24, 2.45) is 0 Å². The number of nitrogens with zero attached hydrogens (tertiary/aromatic N) is 1. The summed E-state index contributed by atoms with van der Waals surface area (Å²) in [6.45, 7) is 5.73. The lowest BCUT2D eigenvalue weighted by atomic mass is 10.2. The van der Waals surface area contributed by atoms with Gasteiger partial charge in [-0.2, -0.15) is 0 Å². The number of anilines is 2. The molecule has 0 unspecified atom stereocenters. The smallest absolute Gasteiger partial charge is 0.231 e. The molecule has 0 atom stereocenters. The van der Waals surface area contributed by atoms with E-state index in [-0.39, 0.29) is 37.7 Å². The largest absolute Gasteiger partial charge is 0.489 e. The van der Waals surface area contributed by atoms with Gasteiger partial charge in [0.1, 0.15) is 5.75 Å². The Bertz CT molecular complexity index is 866. The van der Waals surface area contributed by atoms with Crippen LogP contribution >= 0.6 is 0 Å². The minimum absolute atomic E-state index is 0.00253. The fraction of sp³-hybridized carbons (Fsp3) is 0.333. The third-order valence-corrected chi connectivity index (χ3v) is 4.13. The lowest BCUT2D eigenvalue weighted by Crippen LogP contribution is -2.32. The highest BCUT2D eigenvalue weighted by molar-refractivity contribution is 5.95. The summed E-state index contributed by atoms with van der Waals surface area (Å²) in [5.74, 6) is 1.49. The van der Waals surface area contributed by atoms with Gasteiger partial charge in [0, 0.05) is 31.6 Å². The number of hydrogen-bond acceptors (Lipinski definition) is 5. The molecule has 0 saturated carbocycles. The van der Waals surface area contributed by atoms with Gasteiger partial charge in [-0.05, 0) is 38.1 Å². The van der Waals surface area contributed by atoms with Gasteiger partial charge in [0.25, 0.3) is 0 Å². The Morgan fingerprint density at radius 1 is 1.14 bits per heavy atom. The predicted octanol–water partition coefficient (Wildman–Crippen LogP) is 3.58. The van der Waals surface area contributed by atoms with Crippen LogP contribution in [0.1, 0.15) is 27.2 Å². The average molecular weight is 384 g/mol. The van der Waals surface area contributed by atoms with E-state index in [0.29, 0.717) is 28.6 Å². The van der Waals surface area contributed by atoms with Crippen LogP contribution in [0.5, 0.6) is 17.2 Å². The maximum absolute atomic E-state index is 12.4. The highest BCUT2D eigenvalue weighted by atomic mass is 16.7. The number of nitrogens with one attached hydrogen (secondary N) is 1. The molecule has 1 aliphatic heterocycles. The highest BCUT2D eigenvalue weighted by Gasteiger charge is 2.19. The number of benzene rings is 2. The quantitative estimate of drug-likeness (QED) is 0.789. The second kappa shape index (κ2) is 8.65. The molecule has 28 heavy (non-hydrogen) atoms. The summed E-state index contributed by atoms with van der Waals surface area (Å²) in [4.78, 5) is 26.1. The van der Waals surface area contributed by atoms with Crippen molar-refractivity contribution in [1.82, 2.24) is 0 Å². The van der Waals surface area contributed by atoms with Crippen LogP contribution in [0.15, 0.2) is 42.5 Å². The summed E-state index contributed by atoms with van der Waals surface area (Å²) in [5, 5.41) is 2.86. The van der Waals surface area contributed by atoms with Crippen LogP contribution < -0.4 is 24.4 Å². The van der Waals surface area contributed by atoms with Crippen molar-refractivity contribution >= 4 is 23.2 Å². The van der Waals surface area contributed by atoms with Crippen molar-refractivity contribution in [2.45, 2.75) is 33.3 Å². The van der Waals surface area contributed by atoms with Gasteiger partial charge in [0.05, 0.1) is 11.8 Å². The zero-order valence-corrected chi connectivity index (χ0v) is 16.2. The van der Waals surface area contributed by atoms with E-state index in [1.807, 2.05) is 32.0 Å². The predicted molar refractivity (Wildman–Crippen MR) is 106 cm³/mol. The van der Waals surface area contributed by atoms with Crippen LogP contribution in [0, 0.1) is 0 Å². The second-order valence-corrected chi connectivity index (χ2v) is 6.67. The minimum atomic E-state index is -0.202. The van der Waals surface area contributed by atoms with Gasteiger partial charge in [-0.3, -0.25) is 9.59 Å². The van der Waals surface area contributed by atoms with Crippen LogP contribution in [0.3, 0.4) is 0 Å². The van der Waals surface area contributed by atoms with Gasteiger partial charge in [-0.1, -0.05) is 12.1 Å². The Balaban J connectivity index is 1.65. The van der Waals surface area contributed by atoms with Gasteiger partial charge >= 0.3 is 0 Å². The number of fused-ring (bicyclic) bond motifs is 1. The van der Waals surface area contributed by atoms with Crippen molar-refractivity contribution in [2.75, 3.05) is 23.6 Å². The number of ether oxygens (including phenoxy) is 3. The molecule has 2 amide bonds. The van der Waals surface area contributed by atoms with E-state index in [0.717, 1.165) is 0 Å². The van der Waals surface area contributed by atoms with E-state index in [9.17, 15) is 9.59 Å². The van der Waals surface area contributed by atoms with Crippen LogP contribution in [0.4, 0.5) is 11.4 Å². The van der Waals surface area contributed by atoms with Crippen LogP contribution in [-0.2, 0) is 9.59 Å². The molecule has 2 aromatic carbocycles. The van der Waals surface area contributed by atoms with Crippen LogP contribution in [0.25, 0.3) is 0 Å². The fourth-order valence-electron chi connectivity index (χ4n) is 2.87. The number of rotatable bonds is 7. The summed E-state index contributed by atoms with van der Waals surface area (Å²) in [6.07, 6.45) is 0.140. The first kappa shape index (κ1) is 19.5. The molecular formula is C21H24N2O5. The SMILES string of the molecule is CC(=O)N(CCC(=O)Nc1ccccc1OC(C)C)c1ccc2c(c1)OCO2. The molecule has 0 radical (unpaired) electrons. The normalized spacial score (nSPS) is 12.0. The van der Waals surface area contributed by atoms with E-state index in [1.165, 1.54) is 11.8 Å². The minimum Gasteiger partial charge on any atom is -0.489 e. The lowest BCUT2D eigenvalue weighted by molar-refractivity contribution is -0.117. The summed E-state index contributed by atoms with van der Waals surface area (Å²) >= 11 is 0. The number of carbonyl (C=O) groups is 2.